The van der Waals surface area contributed by atoms with Crippen LogP contribution < -0.4 is 10.2 Å². The third-order valence-electron chi connectivity index (χ3n) is 4.50. The molecular formula is C22H20BrN3O2S. The molecule has 2 aromatic carbocycles. The van der Waals surface area contributed by atoms with Crippen molar-refractivity contribution in [1.82, 2.24) is 5.32 Å². The molecule has 1 fully saturated rings. The first kappa shape index (κ1) is 21.2. The SMILES string of the molecule is CCC1S/C(=C(/C#N)C(=O)NCCc2ccccc2)N(c2ccc(Br)cc2)C1=O. The van der Waals surface area contributed by atoms with Crippen molar-refractivity contribution >= 4 is 45.2 Å². The normalized spacial score (nSPS) is 17.8. The Hall–Kier alpha value is -2.56. The summed E-state index contributed by atoms with van der Waals surface area (Å²) in [7, 11) is 0. The average molecular weight is 470 g/mol. The van der Waals surface area contributed by atoms with Gasteiger partial charge in [-0.25, -0.2) is 0 Å². The molecule has 5 nitrogen and oxygen atoms in total. The second-order valence-corrected chi connectivity index (χ2v) is 8.56. The average Bonchev–Trinajstić information content (AvgIpc) is 3.06. The molecular weight excluding hydrogens is 450 g/mol. The highest BCUT2D eigenvalue weighted by Crippen LogP contribution is 2.41. The van der Waals surface area contributed by atoms with Crippen molar-refractivity contribution in [1.29, 1.82) is 5.26 Å². The number of rotatable bonds is 6. The molecule has 1 aliphatic heterocycles. The molecule has 1 unspecified atom stereocenters. The summed E-state index contributed by atoms with van der Waals surface area (Å²) in [4.78, 5) is 27.1. The lowest BCUT2D eigenvalue weighted by molar-refractivity contribution is -0.117. The molecule has 0 aromatic heterocycles. The van der Waals surface area contributed by atoms with Crippen molar-refractivity contribution in [2.45, 2.75) is 25.0 Å². The molecule has 0 aliphatic carbocycles. The number of amides is 2. The smallest absolute Gasteiger partial charge is 0.264 e. The zero-order chi connectivity index (χ0) is 20.8. The van der Waals surface area contributed by atoms with Crippen LogP contribution in [0.1, 0.15) is 18.9 Å². The van der Waals surface area contributed by atoms with Crippen molar-refractivity contribution in [2.24, 2.45) is 0 Å². The first-order chi connectivity index (χ1) is 14.0. The van der Waals surface area contributed by atoms with Crippen molar-refractivity contribution in [2.75, 3.05) is 11.4 Å². The molecule has 7 heteroatoms. The molecule has 1 heterocycles. The van der Waals surface area contributed by atoms with E-state index in [0.29, 0.717) is 30.1 Å². The van der Waals surface area contributed by atoms with Crippen LogP contribution >= 0.6 is 27.7 Å². The number of carbonyl (C=O) groups is 2. The number of hydrogen-bond donors (Lipinski definition) is 1. The van der Waals surface area contributed by atoms with Crippen LogP contribution in [-0.4, -0.2) is 23.6 Å². The molecule has 1 saturated heterocycles. The number of nitrogens with one attached hydrogen (secondary N) is 1. The first-order valence-electron chi connectivity index (χ1n) is 9.27. The Balaban J connectivity index is 1.84. The Kier molecular flexibility index (Phi) is 7.13. The van der Waals surface area contributed by atoms with Crippen LogP contribution in [0.4, 0.5) is 5.69 Å². The van der Waals surface area contributed by atoms with Crippen LogP contribution in [0.25, 0.3) is 0 Å². The van der Waals surface area contributed by atoms with Gasteiger partial charge >= 0.3 is 0 Å². The lowest BCUT2D eigenvalue weighted by Crippen LogP contribution is -2.32. The lowest BCUT2D eigenvalue weighted by Gasteiger charge is -2.18. The number of benzene rings is 2. The van der Waals surface area contributed by atoms with Gasteiger partial charge in [-0.15, -0.1) is 0 Å². The molecule has 2 amide bonds. The van der Waals surface area contributed by atoms with E-state index in [1.165, 1.54) is 16.7 Å². The summed E-state index contributed by atoms with van der Waals surface area (Å²) in [6, 6.07) is 19.1. The van der Waals surface area contributed by atoms with Gasteiger partial charge in [0.25, 0.3) is 5.91 Å². The fraction of sp³-hybridized carbons (Fsp3) is 0.227. The van der Waals surface area contributed by atoms with Crippen LogP contribution in [0, 0.1) is 11.3 Å². The Morgan fingerprint density at radius 3 is 2.52 bits per heavy atom. The van der Waals surface area contributed by atoms with Gasteiger partial charge in [0.15, 0.2) is 0 Å². The molecule has 0 radical (unpaired) electrons. The van der Waals surface area contributed by atoms with Crippen LogP contribution in [0.3, 0.4) is 0 Å². The summed E-state index contributed by atoms with van der Waals surface area (Å²) in [5.41, 5.74) is 1.71. The highest BCUT2D eigenvalue weighted by Gasteiger charge is 2.39. The van der Waals surface area contributed by atoms with Gasteiger partial charge in [-0.3, -0.25) is 14.5 Å². The van der Waals surface area contributed by atoms with Gasteiger partial charge in [0.2, 0.25) is 5.91 Å². The zero-order valence-corrected chi connectivity index (χ0v) is 18.3. The van der Waals surface area contributed by atoms with Crippen molar-refractivity contribution in [3.05, 3.63) is 75.2 Å². The minimum absolute atomic E-state index is 0.0321. The number of halogens is 1. The summed E-state index contributed by atoms with van der Waals surface area (Å²) in [5.74, 6) is -0.572. The number of nitriles is 1. The Morgan fingerprint density at radius 1 is 1.21 bits per heavy atom. The lowest BCUT2D eigenvalue weighted by atomic mass is 10.1. The number of anilines is 1. The number of carbonyl (C=O) groups excluding carboxylic acids is 2. The van der Waals surface area contributed by atoms with E-state index in [4.69, 9.17) is 0 Å². The zero-order valence-electron chi connectivity index (χ0n) is 15.9. The van der Waals surface area contributed by atoms with Gasteiger partial charge in [-0.2, -0.15) is 5.26 Å². The van der Waals surface area contributed by atoms with Gasteiger partial charge in [-0.05, 0) is 42.7 Å². The minimum Gasteiger partial charge on any atom is -0.351 e. The number of hydrogen-bond acceptors (Lipinski definition) is 4. The molecule has 1 N–H and O–H groups in total. The van der Waals surface area contributed by atoms with E-state index in [9.17, 15) is 14.9 Å². The van der Waals surface area contributed by atoms with E-state index < -0.39 is 5.91 Å². The highest BCUT2D eigenvalue weighted by atomic mass is 79.9. The Morgan fingerprint density at radius 2 is 1.90 bits per heavy atom. The monoisotopic (exact) mass is 469 g/mol. The number of nitrogens with zero attached hydrogens (tertiary/aromatic N) is 2. The topological polar surface area (TPSA) is 73.2 Å². The molecule has 0 spiro atoms. The third-order valence-corrected chi connectivity index (χ3v) is 6.46. The van der Waals surface area contributed by atoms with Gasteiger partial charge < -0.3 is 5.32 Å². The van der Waals surface area contributed by atoms with Crippen LogP contribution in [-0.2, 0) is 16.0 Å². The molecule has 0 saturated carbocycles. The van der Waals surface area contributed by atoms with Crippen LogP contribution in [0.2, 0.25) is 0 Å². The fourth-order valence-electron chi connectivity index (χ4n) is 2.99. The summed E-state index contributed by atoms with van der Waals surface area (Å²) in [6.45, 7) is 2.33. The Labute approximate surface area is 182 Å². The summed E-state index contributed by atoms with van der Waals surface area (Å²) >= 11 is 4.66. The molecule has 0 bridgehead atoms. The molecule has 2 aromatic rings. The van der Waals surface area contributed by atoms with E-state index in [2.05, 4.69) is 21.2 Å². The van der Waals surface area contributed by atoms with Gasteiger partial charge in [0.05, 0.1) is 5.25 Å². The molecule has 3 rings (SSSR count). The van der Waals surface area contributed by atoms with E-state index in [1.807, 2.05) is 55.5 Å². The van der Waals surface area contributed by atoms with Crippen LogP contribution in [0.5, 0.6) is 0 Å². The van der Waals surface area contributed by atoms with E-state index in [1.54, 1.807) is 12.1 Å². The van der Waals surface area contributed by atoms with Gasteiger partial charge in [0.1, 0.15) is 16.7 Å². The maximum Gasteiger partial charge on any atom is 0.264 e. The minimum atomic E-state index is -0.461. The summed E-state index contributed by atoms with van der Waals surface area (Å²) in [5, 5.41) is 12.6. The van der Waals surface area contributed by atoms with Crippen molar-refractivity contribution in [3.63, 3.8) is 0 Å². The van der Waals surface area contributed by atoms with Gasteiger partial charge in [-0.1, -0.05) is 64.9 Å². The van der Waals surface area contributed by atoms with Crippen molar-refractivity contribution in [3.8, 4) is 6.07 Å². The largest absolute Gasteiger partial charge is 0.351 e. The molecule has 1 atom stereocenters. The predicted molar refractivity (Wildman–Crippen MR) is 119 cm³/mol. The third kappa shape index (κ3) is 4.89. The molecule has 148 valence electrons. The maximum atomic E-state index is 12.9. The fourth-order valence-corrected chi connectivity index (χ4v) is 4.46. The molecule has 29 heavy (non-hydrogen) atoms. The number of thioether (sulfide) groups is 1. The highest BCUT2D eigenvalue weighted by molar-refractivity contribution is 9.10. The second kappa shape index (κ2) is 9.77. The standard InChI is InChI=1S/C22H20BrN3O2S/c1-2-19-21(28)26(17-10-8-16(23)9-11-17)22(29-19)18(14-24)20(27)25-13-12-15-6-4-3-5-7-15/h3-11,19H,2,12-13H2,1H3,(H,25,27)/b22-18-. The van der Waals surface area contributed by atoms with Crippen LogP contribution in [0.15, 0.2) is 69.7 Å². The second-order valence-electron chi connectivity index (χ2n) is 6.45. The first-order valence-corrected chi connectivity index (χ1v) is 10.9. The predicted octanol–water partition coefficient (Wildman–Crippen LogP) is 4.40. The van der Waals surface area contributed by atoms with E-state index >= 15 is 0 Å². The Bertz CT molecular complexity index is 968. The van der Waals surface area contributed by atoms with E-state index in [-0.39, 0.29) is 16.7 Å². The van der Waals surface area contributed by atoms with Gasteiger partial charge in [0, 0.05) is 16.7 Å². The molecule has 1 aliphatic rings. The maximum absolute atomic E-state index is 12.9. The van der Waals surface area contributed by atoms with Crippen molar-refractivity contribution < 1.29 is 9.59 Å². The summed E-state index contributed by atoms with van der Waals surface area (Å²) in [6.07, 6.45) is 1.29. The summed E-state index contributed by atoms with van der Waals surface area (Å²) < 4.78 is 0.886. The van der Waals surface area contributed by atoms with E-state index in [0.717, 1.165) is 10.0 Å². The quantitative estimate of drug-likeness (QED) is 0.502.